The Labute approximate surface area is 201 Å². The molecule has 11 heteroatoms. The lowest BCUT2D eigenvalue weighted by molar-refractivity contribution is -0.161. The third kappa shape index (κ3) is 4.58. The summed E-state index contributed by atoms with van der Waals surface area (Å²) in [5.41, 5.74) is -0.224. The number of nitrogens with one attached hydrogen (secondary N) is 1. The van der Waals surface area contributed by atoms with Crippen molar-refractivity contribution in [2.45, 2.75) is 50.9 Å². The molecule has 1 amide bonds. The first-order chi connectivity index (χ1) is 16.1. The van der Waals surface area contributed by atoms with Gasteiger partial charge in [0, 0.05) is 31.3 Å². The number of halogens is 4. The van der Waals surface area contributed by atoms with Crippen LogP contribution in [0.1, 0.15) is 54.6 Å². The third-order valence-electron chi connectivity index (χ3n) is 6.73. The molecule has 2 aliphatic heterocycles. The van der Waals surface area contributed by atoms with Gasteiger partial charge in [-0.1, -0.05) is 18.2 Å². The molecule has 184 valence electrons. The predicted octanol–water partition coefficient (Wildman–Crippen LogP) is 4.33. The van der Waals surface area contributed by atoms with Crippen LogP contribution >= 0.6 is 11.6 Å². The number of methoxy groups -OCH3 is 1. The molecule has 1 N–H and O–H groups in total. The monoisotopic (exact) mass is 497 g/mol. The molecule has 0 radical (unpaired) electrons. The molecule has 1 aromatic heterocycles. The van der Waals surface area contributed by atoms with Crippen LogP contribution in [0.5, 0.6) is 0 Å². The second-order valence-corrected chi connectivity index (χ2v) is 9.18. The quantitative estimate of drug-likeness (QED) is 0.599. The first-order valence-electron chi connectivity index (χ1n) is 11.1. The second-order valence-electron chi connectivity index (χ2n) is 8.85. The van der Waals surface area contributed by atoms with Crippen LogP contribution in [0.25, 0.3) is 0 Å². The zero-order chi connectivity index (χ0) is 24.6. The zero-order valence-corrected chi connectivity index (χ0v) is 20.0. The molecule has 2 aliphatic rings. The minimum absolute atomic E-state index is 0.0229. The zero-order valence-electron chi connectivity index (χ0n) is 19.2. The highest BCUT2D eigenvalue weighted by Gasteiger charge is 2.45. The number of hydrogen-bond acceptors (Lipinski definition) is 6. The van der Waals surface area contributed by atoms with Crippen molar-refractivity contribution < 1.29 is 22.7 Å². The molecule has 0 bridgehead atoms. The molecule has 7 nitrogen and oxygen atoms in total. The van der Waals surface area contributed by atoms with E-state index in [2.05, 4.69) is 20.2 Å². The molecule has 1 aromatic carbocycles. The van der Waals surface area contributed by atoms with Crippen molar-refractivity contribution in [3.05, 3.63) is 51.7 Å². The normalized spacial score (nSPS) is 18.8. The van der Waals surface area contributed by atoms with E-state index in [9.17, 15) is 18.0 Å². The van der Waals surface area contributed by atoms with E-state index in [0.29, 0.717) is 29.9 Å². The van der Waals surface area contributed by atoms with Crippen molar-refractivity contribution in [3.63, 3.8) is 0 Å². The second kappa shape index (κ2) is 9.67. The lowest BCUT2D eigenvalue weighted by atomic mass is 9.89. The lowest BCUT2D eigenvalue weighted by Gasteiger charge is -2.40. The number of aromatic nitrogens is 2. The molecular weight excluding hydrogens is 471 g/mol. The fraction of sp³-hybridized carbons (Fsp3) is 0.522. The van der Waals surface area contributed by atoms with E-state index in [0.717, 1.165) is 19.2 Å². The van der Waals surface area contributed by atoms with E-state index in [-0.39, 0.29) is 29.8 Å². The standard InChI is InChI=1S/C23H27ClF3N5O2/c1-13(14-5-4-6-15(18(14)25)19(26)27)28-20-16-11-32(12-17(16)29-22(24)30-20)21(33)23(34-3)7-9-31(2)10-8-23/h4-6,13,19H,7-12H2,1-3H3,(H,28,29,30)/t13-/m1/s1. The molecular formula is C23H27ClF3N5O2. The summed E-state index contributed by atoms with van der Waals surface area (Å²) in [5.74, 6) is -0.739. The van der Waals surface area contributed by atoms with Gasteiger partial charge in [-0.3, -0.25) is 4.79 Å². The summed E-state index contributed by atoms with van der Waals surface area (Å²) >= 11 is 6.13. The van der Waals surface area contributed by atoms with Gasteiger partial charge in [-0.25, -0.2) is 23.1 Å². The predicted molar refractivity (Wildman–Crippen MR) is 121 cm³/mol. The highest BCUT2D eigenvalue weighted by Crippen LogP contribution is 2.35. The van der Waals surface area contributed by atoms with Crippen molar-refractivity contribution in [1.82, 2.24) is 19.8 Å². The number of hydrogen-bond donors (Lipinski definition) is 1. The maximum atomic E-state index is 14.7. The Bertz CT molecular complexity index is 1080. The average Bonchev–Trinajstić information content (AvgIpc) is 3.23. The van der Waals surface area contributed by atoms with Crippen molar-refractivity contribution >= 4 is 23.3 Å². The van der Waals surface area contributed by atoms with E-state index in [1.807, 2.05) is 7.05 Å². The summed E-state index contributed by atoms with van der Waals surface area (Å²) in [6, 6.07) is 3.22. The number of amides is 1. The van der Waals surface area contributed by atoms with Gasteiger partial charge in [0.1, 0.15) is 17.2 Å². The van der Waals surface area contributed by atoms with Crippen molar-refractivity contribution in [2.24, 2.45) is 0 Å². The minimum atomic E-state index is -2.92. The number of benzene rings is 1. The van der Waals surface area contributed by atoms with Crippen molar-refractivity contribution in [1.29, 1.82) is 0 Å². The summed E-state index contributed by atoms with van der Waals surface area (Å²) in [6.07, 6.45) is -1.75. The SMILES string of the molecule is COC1(C(=O)N2Cc3nc(Cl)nc(N[C@H](C)c4cccc(C(F)F)c4F)c3C2)CCN(C)CC1. The van der Waals surface area contributed by atoms with E-state index in [1.165, 1.54) is 12.1 Å². The van der Waals surface area contributed by atoms with Gasteiger partial charge in [0.05, 0.1) is 30.4 Å². The largest absolute Gasteiger partial charge is 0.368 e. The number of carbonyl (C=O) groups excluding carboxylic acids is 1. The molecule has 1 atom stereocenters. The van der Waals surface area contributed by atoms with Crippen LogP contribution in [0.4, 0.5) is 19.0 Å². The van der Waals surface area contributed by atoms with Crippen LogP contribution in [0.15, 0.2) is 18.2 Å². The molecule has 1 fully saturated rings. The lowest BCUT2D eigenvalue weighted by Crippen LogP contribution is -2.54. The highest BCUT2D eigenvalue weighted by atomic mass is 35.5. The summed E-state index contributed by atoms with van der Waals surface area (Å²) in [4.78, 5) is 25.8. The van der Waals surface area contributed by atoms with Gasteiger partial charge in [-0.05, 0) is 38.4 Å². The van der Waals surface area contributed by atoms with Crippen LogP contribution in [-0.2, 0) is 22.6 Å². The summed E-state index contributed by atoms with van der Waals surface area (Å²) in [7, 11) is 3.56. The topological polar surface area (TPSA) is 70.6 Å². The Kier molecular flexibility index (Phi) is 7.02. The van der Waals surface area contributed by atoms with E-state index in [1.54, 1.807) is 18.9 Å². The number of ether oxygens (including phenoxy) is 1. The van der Waals surface area contributed by atoms with E-state index < -0.39 is 29.4 Å². The minimum Gasteiger partial charge on any atom is -0.368 e. The summed E-state index contributed by atoms with van der Waals surface area (Å²) < 4.78 is 46.7. The molecule has 4 rings (SSSR count). The number of anilines is 1. The first kappa shape index (κ1) is 24.7. The van der Waals surface area contributed by atoms with Crippen LogP contribution in [0.2, 0.25) is 5.28 Å². The number of alkyl halides is 2. The molecule has 1 saturated heterocycles. The third-order valence-corrected chi connectivity index (χ3v) is 6.90. The summed E-state index contributed by atoms with van der Waals surface area (Å²) in [6.45, 7) is 3.63. The molecule has 0 aliphatic carbocycles. The Morgan fingerprint density at radius 2 is 1.88 bits per heavy atom. The van der Waals surface area contributed by atoms with Gasteiger partial charge >= 0.3 is 0 Å². The molecule has 0 unspecified atom stereocenters. The van der Waals surface area contributed by atoms with Crippen LogP contribution in [-0.4, -0.2) is 58.5 Å². The van der Waals surface area contributed by atoms with Gasteiger partial charge in [-0.15, -0.1) is 0 Å². The molecule has 3 heterocycles. The fourth-order valence-electron chi connectivity index (χ4n) is 4.62. The molecule has 0 saturated carbocycles. The number of nitrogens with zero attached hydrogens (tertiary/aromatic N) is 4. The average molecular weight is 498 g/mol. The van der Waals surface area contributed by atoms with E-state index >= 15 is 0 Å². The van der Waals surface area contributed by atoms with Gasteiger partial charge in [-0.2, -0.15) is 0 Å². The number of rotatable bonds is 6. The maximum absolute atomic E-state index is 14.7. The van der Waals surface area contributed by atoms with Gasteiger partial charge in [0.2, 0.25) is 5.28 Å². The number of fused-ring (bicyclic) bond motifs is 1. The Balaban J connectivity index is 1.57. The Hall–Kier alpha value is -2.43. The van der Waals surface area contributed by atoms with Gasteiger partial charge in [0.25, 0.3) is 12.3 Å². The number of piperidine rings is 1. The maximum Gasteiger partial charge on any atom is 0.266 e. The van der Waals surface area contributed by atoms with Crippen LogP contribution in [0, 0.1) is 5.82 Å². The molecule has 0 spiro atoms. The van der Waals surface area contributed by atoms with Crippen LogP contribution < -0.4 is 5.32 Å². The summed E-state index contributed by atoms with van der Waals surface area (Å²) in [5, 5.41) is 3.06. The Morgan fingerprint density at radius 3 is 2.53 bits per heavy atom. The van der Waals surface area contributed by atoms with Crippen molar-refractivity contribution in [3.8, 4) is 0 Å². The number of likely N-dealkylation sites (tertiary alicyclic amines) is 1. The Morgan fingerprint density at radius 1 is 1.21 bits per heavy atom. The van der Waals surface area contributed by atoms with Crippen molar-refractivity contribution in [2.75, 3.05) is 32.6 Å². The van der Waals surface area contributed by atoms with Gasteiger partial charge < -0.3 is 19.9 Å². The molecule has 2 aromatic rings. The first-order valence-corrected chi connectivity index (χ1v) is 11.4. The number of carbonyl (C=O) groups is 1. The highest BCUT2D eigenvalue weighted by molar-refractivity contribution is 6.28. The fourth-order valence-corrected chi connectivity index (χ4v) is 4.80. The van der Waals surface area contributed by atoms with E-state index in [4.69, 9.17) is 16.3 Å². The van der Waals surface area contributed by atoms with Gasteiger partial charge in [0.15, 0.2) is 0 Å². The molecule has 34 heavy (non-hydrogen) atoms. The smallest absolute Gasteiger partial charge is 0.266 e. The van der Waals surface area contributed by atoms with Crippen LogP contribution in [0.3, 0.4) is 0 Å².